The number of aromatic nitrogens is 5. The summed E-state index contributed by atoms with van der Waals surface area (Å²) >= 11 is 0. The summed E-state index contributed by atoms with van der Waals surface area (Å²) < 4.78 is 37.8. The molecule has 10 heteroatoms. The fourth-order valence-electron chi connectivity index (χ4n) is 5.59. The lowest BCUT2D eigenvalue weighted by Crippen LogP contribution is -2.40. The van der Waals surface area contributed by atoms with Crippen molar-refractivity contribution in [2.24, 2.45) is 7.05 Å². The Labute approximate surface area is 212 Å². The second kappa shape index (κ2) is 9.02. The number of benzene rings is 1. The first-order chi connectivity index (χ1) is 17.8. The van der Waals surface area contributed by atoms with Crippen LogP contribution in [0.25, 0.3) is 33.5 Å². The van der Waals surface area contributed by atoms with Gasteiger partial charge in [0.15, 0.2) is 0 Å². The number of hydrogen-bond donors (Lipinski definition) is 0. The SMILES string of the molecule is CC1C(=O)N(C)Cc2c(-c3cccc4nc(-c5ccn(C)n5)c(C(F)F)cc34)nc(C3CCOCC3)n21. The van der Waals surface area contributed by atoms with Gasteiger partial charge in [-0.3, -0.25) is 9.48 Å². The molecule has 1 amide bonds. The van der Waals surface area contributed by atoms with E-state index in [0.29, 0.717) is 42.0 Å². The number of likely N-dealkylation sites (N-methyl/N-ethyl adjacent to an activating group) is 1. The molecular formula is C27H28F2N6O2. The summed E-state index contributed by atoms with van der Waals surface area (Å²) in [7, 11) is 3.53. The van der Waals surface area contributed by atoms with Gasteiger partial charge in [0.05, 0.1) is 23.4 Å². The molecular weight excluding hydrogens is 478 g/mol. The van der Waals surface area contributed by atoms with Gasteiger partial charge in [-0.1, -0.05) is 12.1 Å². The molecule has 1 aromatic carbocycles. The Balaban J connectivity index is 1.58. The third-order valence-corrected chi connectivity index (χ3v) is 7.47. The van der Waals surface area contributed by atoms with Crippen LogP contribution in [0.5, 0.6) is 0 Å². The third kappa shape index (κ3) is 3.90. The van der Waals surface area contributed by atoms with Gasteiger partial charge in [0.1, 0.15) is 23.3 Å². The average molecular weight is 507 g/mol. The van der Waals surface area contributed by atoms with Crippen molar-refractivity contribution in [3.8, 4) is 22.6 Å². The molecule has 6 rings (SSSR count). The number of amides is 1. The van der Waals surface area contributed by atoms with Gasteiger partial charge in [-0.25, -0.2) is 18.7 Å². The number of hydrogen-bond acceptors (Lipinski definition) is 5. The predicted octanol–water partition coefficient (Wildman–Crippen LogP) is 4.86. The molecule has 3 aromatic heterocycles. The van der Waals surface area contributed by atoms with Crippen molar-refractivity contribution < 1.29 is 18.3 Å². The van der Waals surface area contributed by atoms with Crippen molar-refractivity contribution in [1.29, 1.82) is 0 Å². The number of carbonyl (C=O) groups excluding carboxylic acids is 1. The molecule has 192 valence electrons. The fourth-order valence-corrected chi connectivity index (χ4v) is 5.59. The number of aryl methyl sites for hydroxylation is 1. The van der Waals surface area contributed by atoms with E-state index in [4.69, 9.17) is 9.72 Å². The second-order valence-corrected chi connectivity index (χ2v) is 9.87. The highest BCUT2D eigenvalue weighted by Gasteiger charge is 2.36. The number of nitrogens with zero attached hydrogens (tertiary/aromatic N) is 6. The third-order valence-electron chi connectivity index (χ3n) is 7.47. The zero-order valence-electron chi connectivity index (χ0n) is 21.0. The van der Waals surface area contributed by atoms with E-state index in [2.05, 4.69) is 14.6 Å². The fraction of sp³-hybridized carbons (Fsp3) is 0.407. The maximum atomic E-state index is 14.3. The van der Waals surface area contributed by atoms with Crippen molar-refractivity contribution in [2.75, 3.05) is 20.3 Å². The Morgan fingerprint density at radius 3 is 2.57 bits per heavy atom. The number of imidazole rings is 1. The molecule has 0 N–H and O–H groups in total. The van der Waals surface area contributed by atoms with Crippen molar-refractivity contribution in [2.45, 2.75) is 44.7 Å². The molecule has 1 unspecified atom stereocenters. The lowest BCUT2D eigenvalue weighted by Gasteiger charge is -2.32. The number of carbonyl (C=O) groups is 1. The van der Waals surface area contributed by atoms with Gasteiger partial charge in [-0.05, 0) is 38.0 Å². The minimum Gasteiger partial charge on any atom is -0.381 e. The van der Waals surface area contributed by atoms with Crippen LogP contribution in [0.15, 0.2) is 36.5 Å². The van der Waals surface area contributed by atoms with E-state index in [9.17, 15) is 13.6 Å². The summed E-state index contributed by atoms with van der Waals surface area (Å²) in [6, 6.07) is 8.40. The van der Waals surface area contributed by atoms with E-state index in [1.807, 2.05) is 25.1 Å². The zero-order valence-corrected chi connectivity index (χ0v) is 21.0. The van der Waals surface area contributed by atoms with Crippen LogP contribution < -0.4 is 0 Å². The van der Waals surface area contributed by atoms with Crippen LogP contribution in [0.4, 0.5) is 8.78 Å². The molecule has 2 aliphatic rings. The molecule has 0 aliphatic carbocycles. The quantitative estimate of drug-likeness (QED) is 0.395. The summed E-state index contributed by atoms with van der Waals surface area (Å²) in [5, 5.41) is 4.91. The highest BCUT2D eigenvalue weighted by atomic mass is 19.3. The molecule has 1 fully saturated rings. The maximum Gasteiger partial charge on any atom is 0.266 e. The molecule has 0 radical (unpaired) electrons. The summed E-state index contributed by atoms with van der Waals surface area (Å²) in [6.07, 6.45) is 0.639. The summed E-state index contributed by atoms with van der Waals surface area (Å²) in [4.78, 5) is 24.4. The monoisotopic (exact) mass is 506 g/mol. The number of pyridine rings is 1. The van der Waals surface area contributed by atoms with Crippen molar-refractivity contribution in [3.05, 3.63) is 53.6 Å². The van der Waals surface area contributed by atoms with Crippen molar-refractivity contribution in [1.82, 2.24) is 29.2 Å². The van der Waals surface area contributed by atoms with E-state index in [-0.39, 0.29) is 23.1 Å². The normalized spacial score (nSPS) is 18.7. The van der Waals surface area contributed by atoms with Gasteiger partial charge < -0.3 is 14.2 Å². The molecule has 2 aliphatic heterocycles. The van der Waals surface area contributed by atoms with Gasteiger partial charge in [0.2, 0.25) is 5.91 Å². The first-order valence-corrected chi connectivity index (χ1v) is 12.5. The summed E-state index contributed by atoms with van der Waals surface area (Å²) in [6.45, 7) is 3.59. The van der Waals surface area contributed by atoms with Crippen molar-refractivity contribution in [3.63, 3.8) is 0 Å². The zero-order chi connectivity index (χ0) is 25.8. The Kier molecular flexibility index (Phi) is 5.78. The van der Waals surface area contributed by atoms with Crippen LogP contribution >= 0.6 is 0 Å². The predicted molar refractivity (Wildman–Crippen MR) is 134 cm³/mol. The molecule has 0 bridgehead atoms. The van der Waals surface area contributed by atoms with Gasteiger partial charge in [-0.15, -0.1) is 0 Å². The molecule has 37 heavy (non-hydrogen) atoms. The highest BCUT2D eigenvalue weighted by molar-refractivity contribution is 5.96. The maximum absolute atomic E-state index is 14.3. The van der Waals surface area contributed by atoms with Gasteiger partial charge in [0, 0.05) is 55.9 Å². The van der Waals surface area contributed by atoms with Gasteiger partial charge in [0.25, 0.3) is 6.43 Å². The Hall–Kier alpha value is -3.66. The molecule has 4 aromatic rings. The smallest absolute Gasteiger partial charge is 0.266 e. The van der Waals surface area contributed by atoms with E-state index in [0.717, 1.165) is 29.9 Å². The Morgan fingerprint density at radius 1 is 1.08 bits per heavy atom. The van der Waals surface area contributed by atoms with Crippen LogP contribution in [0, 0.1) is 0 Å². The van der Waals surface area contributed by atoms with Crippen LogP contribution in [0.2, 0.25) is 0 Å². The molecule has 1 atom stereocenters. The number of ether oxygens (including phenoxy) is 1. The average Bonchev–Trinajstić information content (AvgIpc) is 3.50. The molecule has 0 saturated carbocycles. The highest BCUT2D eigenvalue weighted by Crippen LogP contribution is 2.41. The Morgan fingerprint density at radius 2 is 1.86 bits per heavy atom. The minimum absolute atomic E-state index is 0.0318. The van der Waals surface area contributed by atoms with E-state index in [1.54, 1.807) is 35.9 Å². The first kappa shape index (κ1) is 23.7. The largest absolute Gasteiger partial charge is 0.381 e. The van der Waals surface area contributed by atoms with Gasteiger partial charge >= 0.3 is 0 Å². The van der Waals surface area contributed by atoms with Crippen LogP contribution in [-0.2, 0) is 23.1 Å². The minimum atomic E-state index is -2.72. The number of fused-ring (bicyclic) bond motifs is 2. The molecule has 5 heterocycles. The number of alkyl halides is 2. The molecule has 8 nitrogen and oxygen atoms in total. The summed E-state index contributed by atoms with van der Waals surface area (Å²) in [5.74, 6) is 1.07. The number of halogens is 2. The van der Waals surface area contributed by atoms with Crippen LogP contribution in [0.1, 0.15) is 55.2 Å². The van der Waals surface area contributed by atoms with Crippen LogP contribution in [0.3, 0.4) is 0 Å². The lowest BCUT2D eigenvalue weighted by atomic mass is 9.98. The number of rotatable bonds is 4. The van der Waals surface area contributed by atoms with E-state index in [1.165, 1.54) is 6.07 Å². The second-order valence-electron chi connectivity index (χ2n) is 9.87. The topological polar surface area (TPSA) is 78.1 Å². The van der Waals surface area contributed by atoms with Gasteiger partial charge in [-0.2, -0.15) is 5.10 Å². The van der Waals surface area contributed by atoms with E-state index >= 15 is 0 Å². The Bertz CT molecular complexity index is 1500. The van der Waals surface area contributed by atoms with E-state index < -0.39 is 12.5 Å². The standard InChI is InChI=1S/C27H28F2N6O2/c1-15-27(36)33(2)14-22-24(31-26(35(15)22)16-8-11-37-12-9-16)17-5-4-6-20-18(17)13-19(25(28)29)23(30-20)21-7-10-34(3)32-21/h4-7,10,13,15-16,25H,8-9,11-12,14H2,1-3H3. The van der Waals surface area contributed by atoms with Crippen LogP contribution in [-0.4, -0.2) is 55.4 Å². The molecule has 0 spiro atoms. The summed E-state index contributed by atoms with van der Waals surface area (Å²) in [5.41, 5.74) is 3.36. The van der Waals surface area contributed by atoms with Crippen molar-refractivity contribution >= 4 is 16.8 Å². The first-order valence-electron chi connectivity index (χ1n) is 12.5. The molecule has 1 saturated heterocycles. The lowest BCUT2D eigenvalue weighted by molar-refractivity contribution is -0.135.